The van der Waals surface area contributed by atoms with Crippen LogP contribution in [0.2, 0.25) is 0 Å². The molecule has 0 fully saturated rings. The van der Waals surface area contributed by atoms with Gasteiger partial charge in [0.15, 0.2) is 0 Å². The smallest absolute Gasteiger partial charge is 0.135 e. The lowest BCUT2D eigenvalue weighted by molar-refractivity contribution is 0.669. The lowest BCUT2D eigenvalue weighted by Gasteiger charge is -2.16. The van der Waals surface area contributed by atoms with Crippen molar-refractivity contribution in [3.63, 3.8) is 0 Å². The topological polar surface area (TPSA) is 23.0 Å². The van der Waals surface area contributed by atoms with E-state index in [2.05, 4.69) is 137 Å². The molecule has 0 saturated carbocycles. The molecule has 0 N–H and O–H groups in total. The number of hydrogen-bond acceptors (Lipinski definition) is 1. The molecule has 8 aromatic rings. The second kappa shape index (κ2) is 8.00. The zero-order valence-electron chi connectivity index (χ0n) is 22.1. The van der Waals surface area contributed by atoms with Crippen molar-refractivity contribution >= 4 is 60.7 Å². The summed E-state index contributed by atoms with van der Waals surface area (Å²) in [5, 5.41) is 6.15. The Labute approximate surface area is 231 Å². The molecule has 0 spiro atoms. The van der Waals surface area contributed by atoms with E-state index in [-0.39, 0.29) is 0 Å². The second-order valence-corrected chi connectivity index (χ2v) is 11.0. The molecule has 9 rings (SSSR count). The van der Waals surface area contributed by atoms with Crippen molar-refractivity contribution in [3.8, 4) is 11.4 Å². The van der Waals surface area contributed by atoms with Crippen LogP contribution in [-0.2, 0) is 0 Å². The van der Waals surface area contributed by atoms with Gasteiger partial charge in [-0.15, -0.1) is 0 Å². The van der Waals surface area contributed by atoms with Crippen molar-refractivity contribution in [2.75, 3.05) is 0 Å². The molecular weight excluding hydrogens is 488 g/mol. The lowest BCUT2D eigenvalue weighted by atomic mass is 9.91. The highest BCUT2D eigenvalue weighted by atomic mass is 16.3. The first-order valence-corrected chi connectivity index (χ1v) is 14.0. The summed E-state index contributed by atoms with van der Waals surface area (Å²) in [5.74, 6) is 0.499. The molecule has 1 aliphatic carbocycles. The fourth-order valence-electron chi connectivity index (χ4n) is 6.98. The summed E-state index contributed by atoms with van der Waals surface area (Å²) >= 11 is 0. The van der Waals surface area contributed by atoms with E-state index in [0.717, 1.165) is 39.7 Å². The maximum Gasteiger partial charge on any atom is 0.135 e. The van der Waals surface area contributed by atoms with Crippen LogP contribution in [0.3, 0.4) is 0 Å². The number of para-hydroxylation sites is 3. The molecule has 0 saturated heterocycles. The van der Waals surface area contributed by atoms with Crippen molar-refractivity contribution in [2.45, 2.75) is 19.3 Å². The molecule has 0 aliphatic heterocycles. The zero-order valence-corrected chi connectivity index (χ0v) is 22.1. The first kappa shape index (κ1) is 21.9. The maximum atomic E-state index is 6.36. The van der Waals surface area contributed by atoms with Crippen molar-refractivity contribution in [2.24, 2.45) is 0 Å². The van der Waals surface area contributed by atoms with Gasteiger partial charge in [0.25, 0.3) is 0 Å². The van der Waals surface area contributed by atoms with Gasteiger partial charge in [-0.05, 0) is 78.6 Å². The van der Waals surface area contributed by atoms with Crippen LogP contribution in [0, 0.1) is 0 Å². The minimum absolute atomic E-state index is 0.499. The summed E-state index contributed by atoms with van der Waals surface area (Å²) in [6.45, 7) is 2.34. The van der Waals surface area contributed by atoms with Crippen molar-refractivity contribution < 1.29 is 4.42 Å². The predicted molar refractivity (Wildman–Crippen MR) is 167 cm³/mol. The van der Waals surface area contributed by atoms with Crippen LogP contribution < -0.4 is 0 Å². The largest absolute Gasteiger partial charge is 0.456 e. The van der Waals surface area contributed by atoms with Crippen molar-refractivity contribution in [1.29, 1.82) is 0 Å². The van der Waals surface area contributed by atoms with E-state index in [4.69, 9.17) is 4.42 Å². The van der Waals surface area contributed by atoms with Crippen LogP contribution in [0.5, 0.6) is 0 Å². The highest BCUT2D eigenvalue weighted by Crippen LogP contribution is 2.41. The highest BCUT2D eigenvalue weighted by molar-refractivity contribution is 6.10. The lowest BCUT2D eigenvalue weighted by Crippen LogP contribution is -2.02. The van der Waals surface area contributed by atoms with Gasteiger partial charge >= 0.3 is 0 Å². The Hall–Kier alpha value is -5.02. The Bertz CT molecular complexity index is 2270. The predicted octanol–water partition coefficient (Wildman–Crippen LogP) is 10.1. The molecule has 3 nitrogen and oxygen atoms in total. The summed E-state index contributed by atoms with van der Waals surface area (Å²) < 4.78 is 11.1. The second-order valence-electron chi connectivity index (χ2n) is 11.0. The van der Waals surface area contributed by atoms with Gasteiger partial charge in [-0.25, -0.2) is 0 Å². The molecule has 1 unspecified atom stereocenters. The van der Waals surface area contributed by atoms with E-state index in [0.29, 0.717) is 5.92 Å². The average molecular weight is 515 g/mol. The molecule has 3 aromatic heterocycles. The number of aromatic nitrogens is 2. The molecule has 3 heterocycles. The number of benzene rings is 5. The minimum atomic E-state index is 0.499. The third-order valence-corrected chi connectivity index (χ3v) is 8.74. The van der Waals surface area contributed by atoms with Crippen LogP contribution in [0.1, 0.15) is 30.5 Å². The van der Waals surface area contributed by atoms with Crippen LogP contribution in [0.25, 0.3) is 72.1 Å². The molecule has 0 bridgehead atoms. The Morgan fingerprint density at radius 1 is 0.575 bits per heavy atom. The molecular formula is C37H26N2O. The van der Waals surface area contributed by atoms with Gasteiger partial charge in [0.05, 0.1) is 16.6 Å². The van der Waals surface area contributed by atoms with Crippen LogP contribution in [-0.4, -0.2) is 9.13 Å². The van der Waals surface area contributed by atoms with Crippen LogP contribution in [0.4, 0.5) is 0 Å². The Kier molecular flexibility index (Phi) is 4.37. The fraction of sp³-hybridized carbons (Fsp3) is 0.0811. The first-order valence-electron chi connectivity index (χ1n) is 14.0. The normalized spacial score (nSPS) is 15.2. The Balaban J connectivity index is 1.31. The average Bonchev–Trinajstić information content (AvgIpc) is 3.64. The fourth-order valence-corrected chi connectivity index (χ4v) is 6.98. The molecule has 5 aromatic carbocycles. The SMILES string of the molecule is CC1CC=Cc2c1c1ccccc1n2-c1ccc2oc3ccc(-n4c5ccccc5c5ccccc54)cc3c2c1. The minimum Gasteiger partial charge on any atom is -0.456 e. The third-order valence-electron chi connectivity index (χ3n) is 8.74. The Morgan fingerprint density at radius 2 is 1.10 bits per heavy atom. The first-order chi connectivity index (χ1) is 19.8. The van der Waals surface area contributed by atoms with E-state index in [1.54, 1.807) is 0 Å². The summed E-state index contributed by atoms with van der Waals surface area (Å²) in [7, 11) is 0. The molecule has 0 radical (unpaired) electrons. The number of allylic oxidation sites excluding steroid dienone is 1. The van der Waals surface area contributed by atoms with Gasteiger partial charge in [-0.1, -0.05) is 67.6 Å². The summed E-state index contributed by atoms with van der Waals surface area (Å²) in [6.07, 6.45) is 5.69. The van der Waals surface area contributed by atoms with E-state index in [1.807, 2.05) is 0 Å². The molecule has 1 atom stereocenters. The van der Waals surface area contributed by atoms with E-state index < -0.39 is 0 Å². The number of furan rings is 1. The molecule has 3 heteroatoms. The van der Waals surface area contributed by atoms with Crippen LogP contribution >= 0.6 is 0 Å². The Morgan fingerprint density at radius 3 is 1.73 bits per heavy atom. The van der Waals surface area contributed by atoms with E-state index >= 15 is 0 Å². The van der Waals surface area contributed by atoms with Crippen molar-refractivity contribution in [3.05, 3.63) is 127 Å². The standard InChI is InChI=1S/C37H26N2O/c1-23-9-8-16-34-37(23)28-12-4-7-15-33(28)39(34)25-18-20-36-30(22-25)29-21-24(17-19-35(29)40-36)38-31-13-5-2-10-26(31)27-11-3-6-14-32(27)38/h2-8,10-23H,9H2,1H3. The summed E-state index contributed by atoms with van der Waals surface area (Å²) in [4.78, 5) is 0. The molecule has 40 heavy (non-hydrogen) atoms. The number of rotatable bonds is 2. The summed E-state index contributed by atoms with van der Waals surface area (Å²) in [6, 6.07) is 39.3. The van der Waals surface area contributed by atoms with E-state index in [9.17, 15) is 0 Å². The molecule has 0 amide bonds. The summed E-state index contributed by atoms with van der Waals surface area (Å²) in [5.41, 5.74) is 10.5. The van der Waals surface area contributed by atoms with Crippen molar-refractivity contribution in [1.82, 2.24) is 9.13 Å². The molecule has 190 valence electrons. The number of nitrogens with zero attached hydrogens (tertiary/aromatic N) is 2. The van der Waals surface area contributed by atoms with Gasteiger partial charge in [0.1, 0.15) is 11.2 Å². The zero-order chi connectivity index (χ0) is 26.4. The number of hydrogen-bond donors (Lipinski definition) is 0. The van der Waals surface area contributed by atoms with Gasteiger partial charge < -0.3 is 13.6 Å². The van der Waals surface area contributed by atoms with Gasteiger partial charge in [-0.3, -0.25) is 0 Å². The van der Waals surface area contributed by atoms with Gasteiger partial charge in [0.2, 0.25) is 0 Å². The molecule has 1 aliphatic rings. The van der Waals surface area contributed by atoms with Gasteiger partial charge in [0, 0.05) is 44.0 Å². The van der Waals surface area contributed by atoms with E-state index in [1.165, 1.54) is 44.0 Å². The maximum absolute atomic E-state index is 6.36. The van der Waals surface area contributed by atoms with Gasteiger partial charge in [-0.2, -0.15) is 0 Å². The quantitative estimate of drug-likeness (QED) is 0.225. The monoisotopic (exact) mass is 514 g/mol. The number of fused-ring (bicyclic) bond motifs is 9. The third kappa shape index (κ3) is 2.89. The highest BCUT2D eigenvalue weighted by Gasteiger charge is 2.23. The van der Waals surface area contributed by atoms with Crippen LogP contribution in [0.15, 0.2) is 120 Å².